The lowest BCUT2D eigenvalue weighted by atomic mass is 9.94. The minimum absolute atomic E-state index is 0.143. The van der Waals surface area contributed by atoms with Crippen LogP contribution in [0.5, 0.6) is 11.5 Å². The van der Waals surface area contributed by atoms with Crippen molar-refractivity contribution in [3.63, 3.8) is 0 Å². The van der Waals surface area contributed by atoms with Gasteiger partial charge in [0.25, 0.3) is 5.91 Å². The summed E-state index contributed by atoms with van der Waals surface area (Å²) in [5, 5.41) is 7.26. The normalized spacial score (nSPS) is 13.1. The van der Waals surface area contributed by atoms with E-state index in [1.165, 1.54) is 5.69 Å². The zero-order chi connectivity index (χ0) is 31.3. The van der Waals surface area contributed by atoms with E-state index in [0.717, 1.165) is 53.2 Å². The van der Waals surface area contributed by atoms with Crippen LogP contribution in [0.2, 0.25) is 0 Å². The smallest absolute Gasteiger partial charge is 0.274 e. The van der Waals surface area contributed by atoms with Crippen LogP contribution in [0, 0.1) is 0 Å². The Morgan fingerprint density at radius 3 is 2.24 bits per heavy atom. The van der Waals surface area contributed by atoms with Crippen LogP contribution in [-0.4, -0.2) is 40.7 Å². The summed E-state index contributed by atoms with van der Waals surface area (Å²) in [4.78, 5) is 15.6. The van der Waals surface area contributed by atoms with E-state index in [2.05, 4.69) is 71.3 Å². The second kappa shape index (κ2) is 13.4. The highest BCUT2D eigenvalue weighted by molar-refractivity contribution is 6.02. The summed E-state index contributed by atoms with van der Waals surface area (Å²) in [6, 6.07) is 26.3. The van der Waals surface area contributed by atoms with Gasteiger partial charge >= 0.3 is 0 Å². The molecule has 0 radical (unpaired) electrons. The molecule has 0 saturated carbocycles. The number of nitrogens with one attached hydrogen (secondary N) is 1. The molecule has 8 nitrogen and oxygen atoms in total. The average Bonchev–Trinajstić information content (AvgIpc) is 3.68. The molecule has 0 fully saturated rings. The third-order valence-corrected chi connectivity index (χ3v) is 8.13. The van der Waals surface area contributed by atoms with Crippen LogP contribution < -0.4 is 14.8 Å². The van der Waals surface area contributed by atoms with Crippen LogP contribution >= 0.6 is 0 Å². The molecule has 5 aromatic rings. The number of rotatable bonds is 11. The first-order chi connectivity index (χ1) is 21.9. The number of nitrogens with zero attached hydrogens (tertiary/aromatic N) is 3. The maximum atomic E-state index is 13.3. The van der Waals surface area contributed by atoms with E-state index in [9.17, 15) is 4.79 Å². The lowest BCUT2D eigenvalue weighted by molar-refractivity contribution is 0.0947. The fourth-order valence-corrected chi connectivity index (χ4v) is 5.73. The van der Waals surface area contributed by atoms with Crippen LogP contribution in [0.4, 0.5) is 0 Å². The standard InChI is InChI=1S/C37H40N4O4/c1-5-38-37(42)35-34(28-18-29-22-40(4)16-17-41(29)21-28)36(45-39-35)31-19-30(25(2)3)32(43-23-26-12-8-6-9-13-26)20-33(31)44-24-27-14-10-7-11-15-27/h6-15,18-21,25H,5,16-17,22-24H2,1-4H3,(H,38,42). The minimum atomic E-state index is -0.276. The topological polar surface area (TPSA) is 81.8 Å². The molecule has 8 heteroatoms. The Bertz CT molecular complexity index is 1760. The van der Waals surface area contributed by atoms with E-state index in [4.69, 9.17) is 14.0 Å². The molecule has 1 aliphatic heterocycles. The number of fused-ring (bicyclic) bond motifs is 1. The maximum Gasteiger partial charge on any atom is 0.274 e. The summed E-state index contributed by atoms with van der Waals surface area (Å²) < 4.78 is 21.3. The second-order valence-electron chi connectivity index (χ2n) is 11.8. The van der Waals surface area contributed by atoms with E-state index < -0.39 is 0 Å². The molecule has 0 saturated heterocycles. The number of benzene rings is 3. The van der Waals surface area contributed by atoms with Crippen molar-refractivity contribution in [1.29, 1.82) is 0 Å². The van der Waals surface area contributed by atoms with Crippen LogP contribution in [0.3, 0.4) is 0 Å². The number of carbonyl (C=O) groups is 1. The van der Waals surface area contributed by atoms with Gasteiger partial charge in [-0.3, -0.25) is 9.69 Å². The molecule has 2 aromatic heterocycles. The monoisotopic (exact) mass is 604 g/mol. The number of hydrogen-bond donors (Lipinski definition) is 1. The molecule has 0 aliphatic carbocycles. The highest BCUT2D eigenvalue weighted by Gasteiger charge is 2.29. The van der Waals surface area contributed by atoms with Gasteiger partial charge in [-0.25, -0.2) is 0 Å². The Balaban J connectivity index is 1.49. The van der Waals surface area contributed by atoms with Crippen LogP contribution in [0.15, 0.2) is 89.6 Å². The van der Waals surface area contributed by atoms with Gasteiger partial charge in [0.15, 0.2) is 11.5 Å². The van der Waals surface area contributed by atoms with Crippen molar-refractivity contribution in [3.05, 3.63) is 113 Å². The van der Waals surface area contributed by atoms with Gasteiger partial charge in [0.05, 0.1) is 11.1 Å². The molecule has 3 aromatic carbocycles. The van der Waals surface area contributed by atoms with Gasteiger partial charge in [-0.1, -0.05) is 79.7 Å². The molecule has 45 heavy (non-hydrogen) atoms. The molecule has 232 valence electrons. The minimum Gasteiger partial charge on any atom is -0.488 e. The third-order valence-electron chi connectivity index (χ3n) is 8.13. The zero-order valence-corrected chi connectivity index (χ0v) is 26.4. The first-order valence-corrected chi connectivity index (χ1v) is 15.6. The number of ether oxygens (including phenoxy) is 2. The quantitative estimate of drug-likeness (QED) is 0.171. The number of carbonyl (C=O) groups excluding carboxylic acids is 1. The highest BCUT2D eigenvalue weighted by Crippen LogP contribution is 2.45. The van der Waals surface area contributed by atoms with Gasteiger partial charge in [-0.2, -0.15) is 0 Å². The molecule has 1 amide bonds. The average molecular weight is 605 g/mol. The van der Waals surface area contributed by atoms with Crippen molar-refractivity contribution in [1.82, 2.24) is 19.9 Å². The van der Waals surface area contributed by atoms with Gasteiger partial charge in [-0.15, -0.1) is 0 Å². The number of aromatic nitrogens is 2. The molecular weight excluding hydrogens is 564 g/mol. The van der Waals surface area contributed by atoms with Crippen molar-refractivity contribution >= 4 is 5.91 Å². The van der Waals surface area contributed by atoms with Gasteiger partial charge in [0, 0.05) is 49.7 Å². The Morgan fingerprint density at radius 2 is 1.60 bits per heavy atom. The maximum absolute atomic E-state index is 13.3. The van der Waals surface area contributed by atoms with Crippen molar-refractivity contribution in [2.75, 3.05) is 20.1 Å². The van der Waals surface area contributed by atoms with Crippen molar-refractivity contribution in [2.45, 2.75) is 53.0 Å². The van der Waals surface area contributed by atoms with E-state index in [0.29, 0.717) is 36.8 Å². The fourth-order valence-electron chi connectivity index (χ4n) is 5.73. The molecule has 0 bridgehead atoms. The lowest BCUT2D eigenvalue weighted by Gasteiger charge is -2.24. The summed E-state index contributed by atoms with van der Waals surface area (Å²) >= 11 is 0. The van der Waals surface area contributed by atoms with E-state index in [-0.39, 0.29) is 17.5 Å². The Hall–Kier alpha value is -4.82. The predicted molar refractivity (Wildman–Crippen MR) is 175 cm³/mol. The molecule has 1 N–H and O–H groups in total. The summed E-state index contributed by atoms with van der Waals surface area (Å²) in [6.07, 6.45) is 2.10. The first kappa shape index (κ1) is 30.2. The fraction of sp³-hybridized carbons (Fsp3) is 0.297. The van der Waals surface area contributed by atoms with E-state index >= 15 is 0 Å². The van der Waals surface area contributed by atoms with Crippen molar-refractivity contribution in [2.24, 2.45) is 0 Å². The molecule has 1 aliphatic rings. The molecule has 6 rings (SSSR count). The molecular formula is C37H40N4O4. The molecule has 3 heterocycles. The van der Waals surface area contributed by atoms with Gasteiger partial charge in [-0.05, 0) is 48.7 Å². The largest absolute Gasteiger partial charge is 0.488 e. The Morgan fingerprint density at radius 1 is 0.933 bits per heavy atom. The molecule has 0 spiro atoms. The van der Waals surface area contributed by atoms with E-state index in [1.807, 2.05) is 61.5 Å². The van der Waals surface area contributed by atoms with Crippen molar-refractivity contribution in [3.8, 4) is 33.9 Å². The zero-order valence-electron chi connectivity index (χ0n) is 26.4. The second-order valence-corrected chi connectivity index (χ2v) is 11.8. The molecule has 0 atom stereocenters. The van der Waals surface area contributed by atoms with Crippen LogP contribution in [0.1, 0.15) is 59.6 Å². The number of amides is 1. The predicted octanol–water partition coefficient (Wildman–Crippen LogP) is 7.29. The first-order valence-electron chi connectivity index (χ1n) is 15.6. The van der Waals surface area contributed by atoms with Crippen molar-refractivity contribution < 1.29 is 18.8 Å². The van der Waals surface area contributed by atoms with Gasteiger partial charge in [0.1, 0.15) is 24.7 Å². The summed E-state index contributed by atoms with van der Waals surface area (Å²) in [5.74, 6) is 1.70. The summed E-state index contributed by atoms with van der Waals surface area (Å²) in [6.45, 7) is 10.1. The number of likely N-dealkylation sites (N-methyl/N-ethyl adjacent to an activating group) is 1. The SMILES string of the molecule is CCNC(=O)c1noc(-c2cc(C(C)C)c(OCc3ccccc3)cc2OCc2ccccc2)c1-c1cc2n(c1)CCN(C)C2. The molecule has 0 unspecified atom stereocenters. The lowest BCUT2D eigenvalue weighted by Crippen LogP contribution is -2.29. The third kappa shape index (κ3) is 6.66. The Labute approximate surface area is 264 Å². The highest BCUT2D eigenvalue weighted by atomic mass is 16.5. The van der Waals surface area contributed by atoms with Crippen LogP contribution in [-0.2, 0) is 26.3 Å². The Kier molecular flexibility index (Phi) is 9.03. The van der Waals surface area contributed by atoms with Gasteiger partial charge in [0.2, 0.25) is 0 Å². The summed E-state index contributed by atoms with van der Waals surface area (Å²) in [7, 11) is 2.12. The van der Waals surface area contributed by atoms with E-state index in [1.54, 1.807) is 0 Å². The van der Waals surface area contributed by atoms with Crippen LogP contribution in [0.25, 0.3) is 22.5 Å². The summed E-state index contributed by atoms with van der Waals surface area (Å²) in [5.41, 5.74) is 6.83. The van der Waals surface area contributed by atoms with Gasteiger partial charge < -0.3 is 23.9 Å². The number of hydrogen-bond acceptors (Lipinski definition) is 6.